The van der Waals surface area contributed by atoms with E-state index in [4.69, 9.17) is 0 Å². The third kappa shape index (κ3) is 3.63. The lowest BCUT2D eigenvalue weighted by molar-refractivity contribution is -0.126. The molecule has 0 heterocycles. The number of benzene rings is 1. The van der Waals surface area contributed by atoms with Crippen molar-refractivity contribution in [3.63, 3.8) is 0 Å². The van der Waals surface area contributed by atoms with E-state index >= 15 is 0 Å². The lowest BCUT2D eigenvalue weighted by Crippen LogP contribution is -2.39. The van der Waals surface area contributed by atoms with Crippen molar-refractivity contribution < 1.29 is 26.3 Å². The molecular formula is C11H11F6N. The zero-order valence-corrected chi connectivity index (χ0v) is 9.36. The van der Waals surface area contributed by atoms with Crippen LogP contribution in [0.2, 0.25) is 0 Å². The first-order valence-electron chi connectivity index (χ1n) is 5.08. The van der Waals surface area contributed by atoms with Gasteiger partial charge in [-0.2, -0.15) is 8.78 Å². The molecule has 1 aromatic rings. The molecule has 0 aliphatic rings. The van der Waals surface area contributed by atoms with Crippen molar-refractivity contribution >= 4 is 0 Å². The van der Waals surface area contributed by atoms with E-state index in [-0.39, 0.29) is 5.56 Å². The molecule has 0 bridgehead atoms. The fourth-order valence-corrected chi connectivity index (χ4v) is 1.27. The lowest BCUT2D eigenvalue weighted by Gasteiger charge is -2.20. The average molecular weight is 271 g/mol. The highest BCUT2D eigenvalue weighted by Gasteiger charge is 2.40. The molecule has 18 heavy (non-hydrogen) atoms. The number of hydrogen-bond acceptors (Lipinski definition) is 1. The Labute approximate surface area is 99.8 Å². The summed E-state index contributed by atoms with van der Waals surface area (Å²) < 4.78 is 74.5. The summed E-state index contributed by atoms with van der Waals surface area (Å²) in [6.45, 7) is 0.138. The van der Waals surface area contributed by atoms with Crippen LogP contribution in [-0.4, -0.2) is 18.9 Å². The Balaban J connectivity index is 2.66. The maximum Gasteiger partial charge on any atom is 0.319 e. The van der Waals surface area contributed by atoms with Crippen LogP contribution in [0.5, 0.6) is 0 Å². The van der Waals surface area contributed by atoms with Gasteiger partial charge in [-0.05, 0) is 24.6 Å². The smallest absolute Gasteiger partial charge is 0.304 e. The van der Waals surface area contributed by atoms with Gasteiger partial charge in [0.05, 0.1) is 6.54 Å². The summed E-state index contributed by atoms with van der Waals surface area (Å²) in [6.07, 6.45) is -3.78. The van der Waals surface area contributed by atoms with Crippen LogP contribution in [0.3, 0.4) is 0 Å². The first kappa shape index (κ1) is 14.8. The summed E-state index contributed by atoms with van der Waals surface area (Å²) in [5.74, 6) is -6.35. The Bertz CT molecular complexity index is 407. The standard InChI is InChI=1S/C11H11F6N/c1-6(18-5-11(16,17)10(14)15)7-2-3-8(12)9(13)4-7/h2-4,6,10,18H,5H2,1H3. The SMILES string of the molecule is CC(NCC(F)(F)C(F)F)c1ccc(F)c(F)c1. The quantitative estimate of drug-likeness (QED) is 0.808. The summed E-state index contributed by atoms with van der Waals surface area (Å²) in [5.41, 5.74) is 0.193. The second kappa shape index (κ2) is 5.60. The summed E-state index contributed by atoms with van der Waals surface area (Å²) >= 11 is 0. The van der Waals surface area contributed by atoms with Crippen molar-refractivity contribution in [3.8, 4) is 0 Å². The van der Waals surface area contributed by atoms with Crippen molar-refractivity contribution in [1.82, 2.24) is 5.32 Å². The minimum atomic E-state index is -4.16. The molecule has 0 spiro atoms. The minimum Gasteiger partial charge on any atom is -0.304 e. The molecule has 0 fully saturated rings. The Morgan fingerprint density at radius 3 is 2.28 bits per heavy atom. The summed E-state index contributed by atoms with van der Waals surface area (Å²) in [4.78, 5) is 0. The number of halogens is 6. The van der Waals surface area contributed by atoms with E-state index in [1.807, 2.05) is 0 Å². The number of hydrogen-bond donors (Lipinski definition) is 1. The van der Waals surface area contributed by atoms with Crippen LogP contribution >= 0.6 is 0 Å². The molecule has 1 rings (SSSR count). The van der Waals surface area contributed by atoms with Gasteiger partial charge in [0.2, 0.25) is 0 Å². The molecule has 102 valence electrons. The van der Waals surface area contributed by atoms with Crippen LogP contribution in [0, 0.1) is 11.6 Å². The van der Waals surface area contributed by atoms with Gasteiger partial charge < -0.3 is 5.32 Å². The van der Waals surface area contributed by atoms with Crippen LogP contribution in [0.4, 0.5) is 26.3 Å². The minimum absolute atomic E-state index is 0.193. The maximum atomic E-state index is 12.9. The largest absolute Gasteiger partial charge is 0.319 e. The maximum absolute atomic E-state index is 12.9. The Kier molecular flexibility index (Phi) is 4.61. The highest BCUT2D eigenvalue weighted by atomic mass is 19.3. The summed E-state index contributed by atoms with van der Waals surface area (Å²) in [7, 11) is 0. The molecule has 1 nitrogen and oxygen atoms in total. The molecule has 1 N–H and O–H groups in total. The predicted octanol–water partition coefficient (Wildman–Crippen LogP) is 3.52. The molecule has 0 saturated carbocycles. The Morgan fingerprint density at radius 1 is 1.17 bits per heavy atom. The van der Waals surface area contributed by atoms with Gasteiger partial charge in [-0.1, -0.05) is 6.07 Å². The molecule has 0 saturated heterocycles. The fraction of sp³-hybridized carbons (Fsp3) is 0.455. The Morgan fingerprint density at radius 2 is 1.78 bits per heavy atom. The third-order valence-electron chi connectivity index (χ3n) is 2.41. The van der Waals surface area contributed by atoms with E-state index in [1.54, 1.807) is 0 Å². The zero-order valence-electron chi connectivity index (χ0n) is 9.36. The molecule has 1 atom stereocenters. The molecule has 1 aromatic carbocycles. The van der Waals surface area contributed by atoms with Crippen LogP contribution in [0.15, 0.2) is 18.2 Å². The van der Waals surface area contributed by atoms with Gasteiger partial charge in [-0.25, -0.2) is 17.6 Å². The van der Waals surface area contributed by atoms with E-state index < -0.39 is 36.6 Å². The van der Waals surface area contributed by atoms with Crippen LogP contribution < -0.4 is 5.32 Å². The van der Waals surface area contributed by atoms with Crippen LogP contribution in [0.25, 0.3) is 0 Å². The highest BCUT2D eigenvalue weighted by molar-refractivity contribution is 5.20. The van der Waals surface area contributed by atoms with Crippen molar-refractivity contribution in [2.45, 2.75) is 25.3 Å². The van der Waals surface area contributed by atoms with Gasteiger partial charge in [0.1, 0.15) is 0 Å². The normalized spacial score (nSPS) is 14.0. The number of rotatable bonds is 5. The molecular weight excluding hydrogens is 260 g/mol. The first-order chi connectivity index (χ1) is 8.24. The van der Waals surface area contributed by atoms with Crippen molar-refractivity contribution in [3.05, 3.63) is 35.4 Å². The number of nitrogens with one attached hydrogen (secondary N) is 1. The van der Waals surface area contributed by atoms with E-state index in [1.165, 1.54) is 13.0 Å². The second-order valence-electron chi connectivity index (χ2n) is 3.84. The topological polar surface area (TPSA) is 12.0 Å². The van der Waals surface area contributed by atoms with E-state index in [2.05, 4.69) is 5.32 Å². The highest BCUT2D eigenvalue weighted by Crippen LogP contribution is 2.23. The Hall–Kier alpha value is -1.24. The molecule has 0 radical (unpaired) electrons. The predicted molar refractivity (Wildman–Crippen MR) is 53.7 cm³/mol. The summed E-state index contributed by atoms with van der Waals surface area (Å²) in [5, 5.41) is 2.15. The van der Waals surface area contributed by atoms with Gasteiger partial charge >= 0.3 is 12.3 Å². The third-order valence-corrected chi connectivity index (χ3v) is 2.41. The lowest BCUT2D eigenvalue weighted by atomic mass is 10.1. The van der Waals surface area contributed by atoms with Gasteiger partial charge in [0, 0.05) is 6.04 Å². The summed E-state index contributed by atoms with van der Waals surface area (Å²) in [6, 6.07) is 2.06. The van der Waals surface area contributed by atoms with Gasteiger partial charge in [0.15, 0.2) is 11.6 Å². The van der Waals surface area contributed by atoms with Gasteiger partial charge in [-0.15, -0.1) is 0 Å². The molecule has 0 aliphatic carbocycles. The van der Waals surface area contributed by atoms with E-state index in [0.717, 1.165) is 12.1 Å². The van der Waals surface area contributed by atoms with Crippen LogP contribution in [-0.2, 0) is 0 Å². The zero-order chi connectivity index (χ0) is 13.9. The second-order valence-corrected chi connectivity index (χ2v) is 3.84. The molecule has 7 heteroatoms. The first-order valence-corrected chi connectivity index (χ1v) is 5.08. The van der Waals surface area contributed by atoms with Crippen molar-refractivity contribution in [2.24, 2.45) is 0 Å². The number of alkyl halides is 4. The van der Waals surface area contributed by atoms with E-state index in [9.17, 15) is 26.3 Å². The van der Waals surface area contributed by atoms with Crippen molar-refractivity contribution in [1.29, 1.82) is 0 Å². The van der Waals surface area contributed by atoms with Crippen molar-refractivity contribution in [2.75, 3.05) is 6.54 Å². The average Bonchev–Trinajstić information content (AvgIpc) is 2.29. The fourth-order valence-electron chi connectivity index (χ4n) is 1.27. The molecule has 0 aromatic heterocycles. The molecule has 0 amide bonds. The molecule has 0 aliphatic heterocycles. The van der Waals surface area contributed by atoms with Gasteiger partial charge in [0.25, 0.3) is 0 Å². The van der Waals surface area contributed by atoms with E-state index in [0.29, 0.717) is 0 Å². The van der Waals surface area contributed by atoms with Crippen LogP contribution in [0.1, 0.15) is 18.5 Å². The molecule has 1 unspecified atom stereocenters. The van der Waals surface area contributed by atoms with Gasteiger partial charge in [-0.3, -0.25) is 0 Å². The monoisotopic (exact) mass is 271 g/mol.